The molecule has 0 aromatic carbocycles. The number of nitrogens with zero attached hydrogens (tertiary/aromatic N) is 1. The van der Waals surface area contributed by atoms with Crippen LogP contribution in [-0.2, 0) is 0 Å². The first-order chi connectivity index (χ1) is 9.79. The molecule has 1 rings (SSSR count). The van der Waals surface area contributed by atoms with Gasteiger partial charge in [-0.3, -0.25) is 4.98 Å². The number of hydrogen-bond donors (Lipinski definition) is 1. The lowest BCUT2D eigenvalue weighted by Gasteiger charge is -2.14. The molecule has 1 heterocycles. The lowest BCUT2D eigenvalue weighted by atomic mass is 10.0. The molecule has 0 bridgehead atoms. The van der Waals surface area contributed by atoms with Gasteiger partial charge in [0.15, 0.2) is 0 Å². The molecule has 0 spiro atoms. The fourth-order valence-electron chi connectivity index (χ4n) is 2.52. The van der Waals surface area contributed by atoms with Crippen molar-refractivity contribution in [1.29, 1.82) is 0 Å². The maximum Gasteiger partial charge on any atom is 0.141 e. The number of aromatic nitrogens is 1. The Labute approximate surface area is 123 Å². The zero-order valence-corrected chi connectivity index (χ0v) is 13.1. The Kier molecular flexibility index (Phi) is 9.05. The highest BCUT2D eigenvalue weighted by molar-refractivity contribution is 5.32. The van der Waals surface area contributed by atoms with Gasteiger partial charge in [0.1, 0.15) is 5.75 Å². The van der Waals surface area contributed by atoms with Gasteiger partial charge in [-0.2, -0.15) is 0 Å². The zero-order valence-electron chi connectivity index (χ0n) is 13.1. The molecule has 1 atom stereocenters. The zero-order chi connectivity index (χ0) is 14.6. The Hall–Kier alpha value is -1.09. The minimum Gasteiger partial charge on any atom is -0.495 e. The molecule has 114 valence electrons. The molecule has 1 aromatic rings. The number of hydrogen-bond acceptors (Lipinski definition) is 3. The van der Waals surface area contributed by atoms with Crippen LogP contribution in [0, 0.1) is 0 Å². The average molecular weight is 278 g/mol. The van der Waals surface area contributed by atoms with Crippen LogP contribution in [0.3, 0.4) is 0 Å². The SMILES string of the molecule is CCCCCCCCCCC(N)c1ccncc1OC. The average Bonchev–Trinajstić information content (AvgIpc) is 2.49. The van der Waals surface area contributed by atoms with Crippen molar-refractivity contribution in [3.63, 3.8) is 0 Å². The van der Waals surface area contributed by atoms with E-state index in [-0.39, 0.29) is 6.04 Å². The van der Waals surface area contributed by atoms with E-state index in [1.54, 1.807) is 19.5 Å². The van der Waals surface area contributed by atoms with Crippen molar-refractivity contribution in [2.75, 3.05) is 7.11 Å². The summed E-state index contributed by atoms with van der Waals surface area (Å²) in [6.07, 6.45) is 15.2. The van der Waals surface area contributed by atoms with Crippen LogP contribution in [0.5, 0.6) is 5.75 Å². The molecule has 1 unspecified atom stereocenters. The summed E-state index contributed by atoms with van der Waals surface area (Å²) in [4.78, 5) is 4.06. The lowest BCUT2D eigenvalue weighted by Crippen LogP contribution is -2.11. The molecule has 3 heteroatoms. The number of unbranched alkanes of at least 4 members (excludes halogenated alkanes) is 7. The van der Waals surface area contributed by atoms with Crippen LogP contribution in [0.4, 0.5) is 0 Å². The predicted molar refractivity (Wildman–Crippen MR) is 84.9 cm³/mol. The van der Waals surface area contributed by atoms with Gasteiger partial charge in [0.25, 0.3) is 0 Å². The van der Waals surface area contributed by atoms with Crippen molar-refractivity contribution in [3.05, 3.63) is 24.0 Å². The summed E-state index contributed by atoms with van der Waals surface area (Å²) in [5.41, 5.74) is 7.32. The van der Waals surface area contributed by atoms with Crippen LogP contribution < -0.4 is 10.5 Å². The van der Waals surface area contributed by atoms with Crippen LogP contribution in [-0.4, -0.2) is 12.1 Å². The van der Waals surface area contributed by atoms with Crippen molar-refractivity contribution >= 4 is 0 Å². The van der Waals surface area contributed by atoms with Crippen LogP contribution >= 0.6 is 0 Å². The van der Waals surface area contributed by atoms with Gasteiger partial charge in [0.2, 0.25) is 0 Å². The molecule has 0 aliphatic rings. The van der Waals surface area contributed by atoms with Gasteiger partial charge in [-0.15, -0.1) is 0 Å². The molecule has 0 aliphatic heterocycles. The second-order valence-corrected chi connectivity index (χ2v) is 5.49. The predicted octanol–water partition coefficient (Wildman–Crippen LogP) is 4.62. The standard InChI is InChI=1S/C17H30N2O/c1-3-4-5-6-7-8-9-10-11-16(18)15-12-13-19-14-17(15)20-2/h12-14,16H,3-11,18H2,1-2H3. The molecule has 20 heavy (non-hydrogen) atoms. The molecule has 0 saturated carbocycles. The first kappa shape index (κ1) is 17.0. The maximum absolute atomic E-state index is 6.24. The summed E-state index contributed by atoms with van der Waals surface area (Å²) < 4.78 is 5.31. The molecule has 0 amide bonds. The third-order valence-corrected chi connectivity index (χ3v) is 3.80. The second kappa shape index (κ2) is 10.7. The number of ether oxygens (including phenoxy) is 1. The Morgan fingerprint density at radius 1 is 1.10 bits per heavy atom. The topological polar surface area (TPSA) is 48.1 Å². The summed E-state index contributed by atoms with van der Waals surface area (Å²) in [6, 6.07) is 2.03. The minimum absolute atomic E-state index is 0.0630. The first-order valence-corrected chi connectivity index (χ1v) is 8.03. The summed E-state index contributed by atoms with van der Waals surface area (Å²) in [5, 5.41) is 0. The van der Waals surface area contributed by atoms with E-state index < -0.39 is 0 Å². The van der Waals surface area contributed by atoms with E-state index in [1.165, 1.54) is 51.4 Å². The number of pyridine rings is 1. The highest BCUT2D eigenvalue weighted by Gasteiger charge is 2.11. The first-order valence-electron chi connectivity index (χ1n) is 8.03. The van der Waals surface area contributed by atoms with E-state index in [0.29, 0.717) is 0 Å². The molecule has 0 saturated heterocycles. The monoisotopic (exact) mass is 278 g/mol. The van der Waals surface area contributed by atoms with E-state index in [2.05, 4.69) is 11.9 Å². The molecule has 0 aliphatic carbocycles. The fraction of sp³-hybridized carbons (Fsp3) is 0.706. The molecule has 2 N–H and O–H groups in total. The van der Waals surface area contributed by atoms with Gasteiger partial charge in [-0.25, -0.2) is 0 Å². The van der Waals surface area contributed by atoms with Gasteiger partial charge >= 0.3 is 0 Å². The smallest absolute Gasteiger partial charge is 0.141 e. The van der Waals surface area contributed by atoms with Gasteiger partial charge in [-0.05, 0) is 12.5 Å². The van der Waals surface area contributed by atoms with Crippen molar-refractivity contribution in [2.24, 2.45) is 5.73 Å². The van der Waals surface area contributed by atoms with E-state index >= 15 is 0 Å². The molecular formula is C17H30N2O. The second-order valence-electron chi connectivity index (χ2n) is 5.49. The van der Waals surface area contributed by atoms with Gasteiger partial charge in [0, 0.05) is 17.8 Å². The lowest BCUT2D eigenvalue weighted by molar-refractivity contribution is 0.401. The van der Waals surface area contributed by atoms with E-state index in [4.69, 9.17) is 10.5 Å². The largest absolute Gasteiger partial charge is 0.495 e. The van der Waals surface area contributed by atoms with E-state index in [0.717, 1.165) is 17.7 Å². The van der Waals surface area contributed by atoms with Crippen molar-refractivity contribution in [3.8, 4) is 5.75 Å². The minimum atomic E-state index is 0.0630. The Balaban J connectivity index is 2.15. The van der Waals surface area contributed by atoms with Crippen LogP contribution in [0.15, 0.2) is 18.5 Å². The van der Waals surface area contributed by atoms with Gasteiger partial charge < -0.3 is 10.5 Å². The number of methoxy groups -OCH3 is 1. The normalized spacial score (nSPS) is 12.3. The molecule has 1 aromatic heterocycles. The highest BCUT2D eigenvalue weighted by Crippen LogP contribution is 2.25. The highest BCUT2D eigenvalue weighted by atomic mass is 16.5. The third-order valence-electron chi connectivity index (χ3n) is 3.80. The quantitative estimate of drug-likeness (QED) is 0.601. The third kappa shape index (κ3) is 6.38. The van der Waals surface area contributed by atoms with E-state index in [9.17, 15) is 0 Å². The van der Waals surface area contributed by atoms with E-state index in [1.807, 2.05) is 6.07 Å². The van der Waals surface area contributed by atoms with Crippen LogP contribution in [0.25, 0.3) is 0 Å². The van der Waals surface area contributed by atoms with Crippen molar-refractivity contribution in [1.82, 2.24) is 4.98 Å². The summed E-state index contributed by atoms with van der Waals surface area (Å²) >= 11 is 0. The molecule has 0 radical (unpaired) electrons. The Morgan fingerprint density at radius 2 is 1.75 bits per heavy atom. The van der Waals surface area contributed by atoms with Gasteiger partial charge in [0.05, 0.1) is 13.3 Å². The summed E-state index contributed by atoms with van der Waals surface area (Å²) in [7, 11) is 1.67. The molecule has 0 fully saturated rings. The van der Waals surface area contributed by atoms with Crippen LogP contribution in [0.2, 0.25) is 0 Å². The number of nitrogens with two attached hydrogens (primary N) is 1. The van der Waals surface area contributed by atoms with Gasteiger partial charge in [-0.1, -0.05) is 58.3 Å². The van der Waals surface area contributed by atoms with Crippen molar-refractivity contribution < 1.29 is 4.74 Å². The van der Waals surface area contributed by atoms with Crippen molar-refractivity contribution in [2.45, 2.75) is 70.8 Å². The summed E-state index contributed by atoms with van der Waals surface area (Å²) in [6.45, 7) is 2.26. The summed E-state index contributed by atoms with van der Waals surface area (Å²) in [5.74, 6) is 0.805. The Bertz CT molecular complexity index is 355. The molecular weight excluding hydrogens is 248 g/mol. The molecule has 3 nitrogen and oxygen atoms in total. The fourth-order valence-corrected chi connectivity index (χ4v) is 2.52. The Morgan fingerprint density at radius 3 is 2.40 bits per heavy atom. The number of rotatable bonds is 11. The maximum atomic E-state index is 6.24. The van der Waals surface area contributed by atoms with Crippen LogP contribution in [0.1, 0.15) is 76.3 Å².